The van der Waals surface area contributed by atoms with Crippen LogP contribution in [0.25, 0.3) is 22.2 Å². The van der Waals surface area contributed by atoms with Gasteiger partial charge in [0, 0.05) is 29.2 Å². The van der Waals surface area contributed by atoms with Crippen LogP contribution in [-0.4, -0.2) is 24.1 Å². The van der Waals surface area contributed by atoms with Crippen molar-refractivity contribution in [3.63, 3.8) is 0 Å². The predicted octanol–water partition coefficient (Wildman–Crippen LogP) is 3.88. The van der Waals surface area contributed by atoms with Crippen molar-refractivity contribution in [1.29, 1.82) is 5.26 Å². The number of fused-ring (bicyclic) bond motifs is 1. The number of nitriles is 1. The van der Waals surface area contributed by atoms with E-state index < -0.39 is 10.2 Å². The number of phenols is 1. The molecule has 150 valence electrons. The second-order valence-electron chi connectivity index (χ2n) is 7.59. The molecule has 1 heterocycles. The highest BCUT2D eigenvalue weighted by molar-refractivity contribution is 7.90. The van der Waals surface area contributed by atoms with Gasteiger partial charge in [-0.25, -0.2) is 0 Å². The van der Waals surface area contributed by atoms with Crippen molar-refractivity contribution in [2.45, 2.75) is 38.8 Å². The van der Waals surface area contributed by atoms with E-state index in [1.807, 2.05) is 0 Å². The Labute approximate surface area is 169 Å². The summed E-state index contributed by atoms with van der Waals surface area (Å²) >= 11 is 0. The van der Waals surface area contributed by atoms with Crippen molar-refractivity contribution >= 4 is 26.8 Å². The minimum atomic E-state index is -3.65. The molecule has 0 saturated heterocycles. The van der Waals surface area contributed by atoms with Crippen LogP contribution < -0.4 is 9.44 Å². The molecule has 3 N–H and O–H groups in total. The molecule has 1 aliphatic rings. The topological polar surface area (TPSA) is 107 Å². The van der Waals surface area contributed by atoms with E-state index in [1.165, 1.54) is 0 Å². The third-order valence-electron chi connectivity index (χ3n) is 4.81. The molecule has 7 nitrogen and oxygen atoms in total. The molecule has 0 spiro atoms. The van der Waals surface area contributed by atoms with Crippen LogP contribution in [0.15, 0.2) is 42.5 Å². The fourth-order valence-electron chi connectivity index (χ4n) is 3.60. The number of nitrogens with zero attached hydrogens (tertiary/aromatic N) is 2. The first-order valence-electron chi connectivity index (χ1n) is 9.46. The Hall–Kier alpha value is -3.02. The molecule has 2 aromatic carbocycles. The van der Waals surface area contributed by atoms with E-state index >= 15 is 0 Å². The summed E-state index contributed by atoms with van der Waals surface area (Å²) in [6.45, 7) is 3.50. The summed E-state index contributed by atoms with van der Waals surface area (Å²) in [7, 11) is -3.65. The van der Waals surface area contributed by atoms with Gasteiger partial charge in [-0.15, -0.1) is 0 Å². The Morgan fingerprint density at radius 1 is 1.17 bits per heavy atom. The lowest BCUT2D eigenvalue weighted by Crippen LogP contribution is -2.35. The molecule has 4 rings (SSSR count). The number of phenolic OH excluding ortho intramolecular Hbond substituents is 1. The van der Waals surface area contributed by atoms with Crippen LogP contribution in [0.2, 0.25) is 0 Å². The van der Waals surface area contributed by atoms with Crippen LogP contribution in [0, 0.1) is 11.3 Å². The van der Waals surface area contributed by atoms with E-state index in [0.29, 0.717) is 17.3 Å². The fraction of sp³-hybridized carbons (Fsp3) is 0.286. The number of aromatic hydroxyl groups is 1. The quantitative estimate of drug-likeness (QED) is 0.573. The van der Waals surface area contributed by atoms with Gasteiger partial charge in [0.1, 0.15) is 11.8 Å². The van der Waals surface area contributed by atoms with E-state index in [2.05, 4.69) is 20.1 Å². The first kappa shape index (κ1) is 19.3. The number of aromatic nitrogens is 1. The van der Waals surface area contributed by atoms with Gasteiger partial charge in [-0.05, 0) is 56.5 Å². The summed E-state index contributed by atoms with van der Waals surface area (Å²) in [4.78, 5) is 0. The molecule has 3 aromatic rings. The number of nitrogens with one attached hydrogen (secondary N) is 2. The zero-order chi connectivity index (χ0) is 20.8. The standard InChI is InChI=1S/C21H22N4O3S/c1-13(2)23-29(27,28)24-15-5-3-14(4-6-15)21-19(12-22)18-10-9-17(26)11-20(18)25(21)16-7-8-16/h3-6,9-11,13,16,23-24,26H,7-8H2,1-2H3. The number of hydrogen-bond acceptors (Lipinski definition) is 4. The molecule has 1 aliphatic carbocycles. The van der Waals surface area contributed by atoms with Gasteiger partial charge in [0.2, 0.25) is 0 Å². The summed E-state index contributed by atoms with van der Waals surface area (Å²) in [5, 5.41) is 20.6. The van der Waals surface area contributed by atoms with Crippen molar-refractivity contribution in [2.75, 3.05) is 4.72 Å². The normalized spacial score (nSPS) is 14.3. The largest absolute Gasteiger partial charge is 0.508 e. The van der Waals surface area contributed by atoms with Gasteiger partial charge in [0.05, 0.1) is 16.8 Å². The second kappa shape index (κ2) is 7.10. The lowest BCUT2D eigenvalue weighted by molar-refractivity contribution is 0.476. The molecule has 0 radical (unpaired) electrons. The lowest BCUT2D eigenvalue weighted by Gasteiger charge is -2.13. The number of rotatable bonds is 6. The maximum atomic E-state index is 12.1. The van der Waals surface area contributed by atoms with Gasteiger partial charge in [0.15, 0.2) is 0 Å². The average Bonchev–Trinajstić information content (AvgIpc) is 3.42. The molecule has 0 unspecified atom stereocenters. The van der Waals surface area contributed by atoms with Gasteiger partial charge in [0.25, 0.3) is 10.2 Å². The van der Waals surface area contributed by atoms with Crippen LogP contribution >= 0.6 is 0 Å². The van der Waals surface area contributed by atoms with Crippen molar-refractivity contribution in [3.05, 3.63) is 48.0 Å². The Morgan fingerprint density at radius 2 is 1.86 bits per heavy atom. The van der Waals surface area contributed by atoms with Crippen LogP contribution in [0.5, 0.6) is 5.75 Å². The van der Waals surface area contributed by atoms with Crippen molar-refractivity contribution in [2.24, 2.45) is 0 Å². The zero-order valence-corrected chi connectivity index (χ0v) is 17.0. The first-order valence-corrected chi connectivity index (χ1v) is 10.9. The van der Waals surface area contributed by atoms with E-state index in [4.69, 9.17) is 0 Å². The van der Waals surface area contributed by atoms with Crippen LogP contribution in [-0.2, 0) is 10.2 Å². The highest BCUT2D eigenvalue weighted by Crippen LogP contribution is 2.45. The number of hydrogen-bond donors (Lipinski definition) is 3. The molecule has 0 aliphatic heterocycles. The molecule has 0 bridgehead atoms. The minimum Gasteiger partial charge on any atom is -0.508 e. The van der Waals surface area contributed by atoms with Gasteiger partial charge >= 0.3 is 0 Å². The summed E-state index contributed by atoms with van der Waals surface area (Å²) < 4.78 is 31.2. The Bertz CT molecular complexity index is 1220. The van der Waals surface area contributed by atoms with Crippen molar-refractivity contribution in [1.82, 2.24) is 9.29 Å². The maximum Gasteiger partial charge on any atom is 0.299 e. The SMILES string of the molecule is CC(C)NS(=O)(=O)Nc1ccc(-c2c(C#N)c3ccc(O)cc3n2C2CC2)cc1. The molecule has 1 fully saturated rings. The third kappa shape index (κ3) is 3.79. The molecular formula is C21H22N4O3S. The second-order valence-corrected chi connectivity index (χ2v) is 9.04. The lowest BCUT2D eigenvalue weighted by atomic mass is 10.1. The summed E-state index contributed by atoms with van der Waals surface area (Å²) in [5.74, 6) is 0.162. The average molecular weight is 410 g/mol. The Balaban J connectivity index is 1.77. The molecule has 1 aromatic heterocycles. The molecule has 1 saturated carbocycles. The molecule has 0 amide bonds. The maximum absolute atomic E-state index is 12.1. The van der Waals surface area contributed by atoms with Crippen molar-refractivity contribution in [3.8, 4) is 23.1 Å². The highest BCUT2D eigenvalue weighted by atomic mass is 32.2. The van der Waals surface area contributed by atoms with Gasteiger partial charge < -0.3 is 9.67 Å². The van der Waals surface area contributed by atoms with E-state index in [-0.39, 0.29) is 11.8 Å². The van der Waals surface area contributed by atoms with Gasteiger partial charge in [-0.1, -0.05) is 12.1 Å². The van der Waals surface area contributed by atoms with Gasteiger partial charge in [-0.2, -0.15) is 18.4 Å². The van der Waals surface area contributed by atoms with Crippen LogP contribution in [0.1, 0.15) is 38.3 Å². The third-order valence-corrected chi connectivity index (χ3v) is 6.10. The minimum absolute atomic E-state index is 0.162. The van der Waals surface area contributed by atoms with Crippen LogP contribution in [0.3, 0.4) is 0 Å². The van der Waals surface area contributed by atoms with Crippen molar-refractivity contribution < 1.29 is 13.5 Å². The smallest absolute Gasteiger partial charge is 0.299 e. The summed E-state index contributed by atoms with van der Waals surface area (Å²) in [6, 6.07) is 14.4. The molecule has 0 atom stereocenters. The van der Waals surface area contributed by atoms with Gasteiger partial charge in [-0.3, -0.25) is 4.72 Å². The van der Waals surface area contributed by atoms with E-state index in [9.17, 15) is 18.8 Å². The first-order chi connectivity index (χ1) is 13.8. The fourth-order valence-corrected chi connectivity index (χ4v) is 4.72. The molecular weight excluding hydrogens is 388 g/mol. The van der Waals surface area contributed by atoms with E-state index in [0.717, 1.165) is 35.0 Å². The highest BCUT2D eigenvalue weighted by Gasteiger charge is 2.30. The predicted molar refractivity (Wildman–Crippen MR) is 113 cm³/mol. The molecule has 29 heavy (non-hydrogen) atoms. The Morgan fingerprint density at radius 3 is 2.45 bits per heavy atom. The van der Waals surface area contributed by atoms with Crippen LogP contribution in [0.4, 0.5) is 5.69 Å². The zero-order valence-electron chi connectivity index (χ0n) is 16.2. The monoisotopic (exact) mass is 410 g/mol. The summed E-state index contributed by atoms with van der Waals surface area (Å²) in [5.41, 5.74) is 3.45. The Kier molecular flexibility index (Phi) is 4.73. The number of benzene rings is 2. The summed E-state index contributed by atoms with van der Waals surface area (Å²) in [6.07, 6.45) is 2.05. The molecule has 8 heteroatoms. The number of anilines is 1. The van der Waals surface area contributed by atoms with E-state index in [1.54, 1.807) is 56.3 Å².